The average molecular weight is 477 g/mol. The molecule has 0 fully saturated rings. The Kier molecular flexibility index (Phi) is 2.98. The van der Waals surface area contributed by atoms with Gasteiger partial charge in [0, 0.05) is 5.75 Å². The third-order valence-corrected chi connectivity index (χ3v) is 7.09. The fourth-order valence-electron chi connectivity index (χ4n) is 4.60. The minimum absolute atomic E-state index is 0.0415. The summed E-state index contributed by atoms with van der Waals surface area (Å²) in [5.74, 6) is 0.591. The van der Waals surface area contributed by atoms with Gasteiger partial charge in [-0.1, -0.05) is 109 Å². The van der Waals surface area contributed by atoms with Gasteiger partial charge in [0.1, 0.15) is 0 Å². The summed E-state index contributed by atoms with van der Waals surface area (Å²) < 4.78 is 86.5. The van der Waals surface area contributed by atoms with E-state index in [-0.39, 0.29) is 22.3 Å². The van der Waals surface area contributed by atoms with E-state index >= 15 is 0 Å². The maximum absolute atomic E-state index is 8.73. The molecule has 35 heavy (non-hydrogen) atoms. The van der Waals surface area contributed by atoms with Crippen molar-refractivity contribution in [1.82, 2.24) is 9.55 Å². The van der Waals surface area contributed by atoms with Crippen LogP contribution < -0.4 is 0 Å². The smallest absolute Gasteiger partial charge is 0.174 e. The zero-order valence-corrected chi connectivity index (χ0v) is 19.1. The minimum Gasteiger partial charge on any atom is -0.287 e. The second-order valence-corrected chi connectivity index (χ2v) is 9.02. The molecule has 0 spiro atoms. The van der Waals surface area contributed by atoms with Crippen molar-refractivity contribution >= 4 is 22.8 Å². The van der Waals surface area contributed by atoms with Crippen molar-refractivity contribution < 1.29 is 13.7 Å². The number of hydrogen-bond acceptors (Lipinski definition) is 2. The molecule has 0 atom stereocenters. The lowest BCUT2D eigenvalue weighted by Gasteiger charge is -2.22. The summed E-state index contributed by atoms with van der Waals surface area (Å²) in [5, 5.41) is 0.857. The Morgan fingerprint density at radius 3 is 2.11 bits per heavy atom. The van der Waals surface area contributed by atoms with E-state index in [1.807, 2.05) is 42.5 Å². The largest absolute Gasteiger partial charge is 0.287 e. The average Bonchev–Trinajstić information content (AvgIpc) is 3.44. The number of hydrogen-bond donors (Lipinski definition) is 0. The van der Waals surface area contributed by atoms with Crippen LogP contribution in [0.25, 0.3) is 50.1 Å². The summed E-state index contributed by atoms with van der Waals surface area (Å²) in [6.07, 6.45) is 0. The van der Waals surface area contributed by atoms with Gasteiger partial charge in [-0.25, -0.2) is 4.98 Å². The molecule has 0 amide bonds. The predicted octanol–water partition coefficient (Wildman–Crippen LogP) is 8.63. The Morgan fingerprint density at radius 2 is 1.40 bits per heavy atom. The lowest BCUT2D eigenvalue weighted by molar-refractivity contribution is 0.895. The SMILES string of the molecule is [2H]c1c([2H])c([2H])c(-c2cccc(-c3c([2H])c([2H])c([2H])c([2H])c3[2H])c2-c2ccc3c(c2)CSc2nc4ccccc4n2-3)c([2H])c1[2H]. The molecule has 1 aliphatic rings. The molecule has 0 saturated heterocycles. The summed E-state index contributed by atoms with van der Waals surface area (Å²) in [6.45, 7) is 0. The molecule has 5 aromatic carbocycles. The van der Waals surface area contributed by atoms with Crippen LogP contribution in [0, 0.1) is 0 Å². The zero-order chi connectivity index (χ0) is 31.9. The summed E-state index contributed by atoms with van der Waals surface area (Å²) in [6, 6.07) is 13.8. The predicted molar refractivity (Wildman–Crippen MR) is 147 cm³/mol. The van der Waals surface area contributed by atoms with Gasteiger partial charge in [0.2, 0.25) is 0 Å². The van der Waals surface area contributed by atoms with Gasteiger partial charge in [-0.15, -0.1) is 0 Å². The molecule has 166 valence electrons. The fourth-order valence-corrected chi connectivity index (χ4v) is 5.60. The highest BCUT2D eigenvalue weighted by molar-refractivity contribution is 7.98. The van der Waals surface area contributed by atoms with Crippen LogP contribution >= 0.6 is 11.8 Å². The second kappa shape index (κ2) is 8.30. The highest BCUT2D eigenvalue weighted by Crippen LogP contribution is 2.43. The standard InChI is InChI=1S/C32H22N2S/c1-3-10-22(11-4-1)26-14-9-15-27(23-12-5-2-6-13-23)31(26)24-18-19-29-25(20-24)21-35-32-33-28-16-7-8-17-30(28)34(29)32/h1-20H,21H2/i1D,2D,3D,4D,5D,6D,10D,11D,12D,13D. The third kappa shape index (κ3) is 3.39. The Balaban J connectivity index is 1.57. The molecule has 2 heterocycles. The number of rotatable bonds is 3. The highest BCUT2D eigenvalue weighted by Gasteiger charge is 2.22. The van der Waals surface area contributed by atoms with Gasteiger partial charge >= 0.3 is 0 Å². The summed E-state index contributed by atoms with van der Waals surface area (Å²) in [7, 11) is 0. The van der Waals surface area contributed by atoms with Gasteiger partial charge in [-0.2, -0.15) is 0 Å². The van der Waals surface area contributed by atoms with Crippen molar-refractivity contribution in [2.45, 2.75) is 10.9 Å². The van der Waals surface area contributed by atoms with Crippen LogP contribution in [-0.4, -0.2) is 9.55 Å². The van der Waals surface area contributed by atoms with Crippen LogP contribution in [0.4, 0.5) is 0 Å². The molecule has 3 heteroatoms. The van der Waals surface area contributed by atoms with Gasteiger partial charge in [-0.3, -0.25) is 4.57 Å². The van der Waals surface area contributed by atoms with Crippen LogP contribution in [0.2, 0.25) is 0 Å². The topological polar surface area (TPSA) is 17.8 Å². The summed E-state index contributed by atoms with van der Waals surface area (Å²) in [5.41, 5.74) is 5.18. The van der Waals surface area contributed by atoms with Crippen molar-refractivity contribution in [1.29, 1.82) is 0 Å². The monoisotopic (exact) mass is 476 g/mol. The van der Waals surface area contributed by atoms with Gasteiger partial charge < -0.3 is 0 Å². The molecule has 0 unspecified atom stereocenters. The van der Waals surface area contributed by atoms with E-state index in [0.717, 1.165) is 27.4 Å². The third-order valence-electron chi connectivity index (χ3n) is 6.10. The van der Waals surface area contributed by atoms with Crippen molar-refractivity contribution in [3.05, 3.63) is 127 Å². The summed E-state index contributed by atoms with van der Waals surface area (Å²) in [4.78, 5) is 4.77. The normalized spacial score (nSPS) is 16.3. The van der Waals surface area contributed by atoms with Crippen LogP contribution in [-0.2, 0) is 5.75 Å². The second-order valence-electron chi connectivity index (χ2n) is 8.08. The lowest BCUT2D eigenvalue weighted by Crippen LogP contribution is -2.06. The van der Waals surface area contributed by atoms with Crippen molar-refractivity contribution in [3.8, 4) is 39.1 Å². The Bertz CT molecular complexity index is 2100. The number of imidazole rings is 1. The molecule has 7 rings (SSSR count). The van der Waals surface area contributed by atoms with E-state index in [9.17, 15) is 0 Å². The number of thioether (sulfide) groups is 1. The van der Waals surface area contributed by atoms with E-state index in [1.165, 1.54) is 0 Å². The van der Waals surface area contributed by atoms with Gasteiger partial charge in [-0.05, 0) is 63.2 Å². The highest BCUT2D eigenvalue weighted by atomic mass is 32.2. The Morgan fingerprint density at radius 1 is 0.714 bits per heavy atom. The molecule has 0 N–H and O–H groups in total. The maximum atomic E-state index is 8.73. The molecule has 0 radical (unpaired) electrons. The molecule has 1 aliphatic heterocycles. The minimum atomic E-state index is -0.522. The first-order valence-corrected chi connectivity index (χ1v) is 12.0. The number of benzene rings is 5. The Hall–Kier alpha value is -4.08. The van der Waals surface area contributed by atoms with Crippen LogP contribution in [0.5, 0.6) is 0 Å². The number of fused-ring (bicyclic) bond motifs is 5. The van der Waals surface area contributed by atoms with Crippen molar-refractivity contribution in [3.63, 3.8) is 0 Å². The molecule has 1 aromatic heterocycles. The first-order chi connectivity index (χ1) is 21.5. The number of nitrogens with zero attached hydrogens (tertiary/aromatic N) is 2. The fraction of sp³-hybridized carbons (Fsp3) is 0.0312. The van der Waals surface area contributed by atoms with E-state index < -0.39 is 60.4 Å². The molecule has 2 nitrogen and oxygen atoms in total. The molecular formula is C32H22N2S. The Labute approximate surface area is 223 Å². The van der Waals surface area contributed by atoms with E-state index in [4.69, 9.17) is 18.7 Å². The van der Waals surface area contributed by atoms with E-state index in [2.05, 4.69) is 4.57 Å². The first-order valence-electron chi connectivity index (χ1n) is 16.0. The molecule has 0 saturated carbocycles. The van der Waals surface area contributed by atoms with Crippen molar-refractivity contribution in [2.24, 2.45) is 0 Å². The molecule has 0 bridgehead atoms. The van der Waals surface area contributed by atoms with Gasteiger partial charge in [0.25, 0.3) is 0 Å². The van der Waals surface area contributed by atoms with Gasteiger partial charge in [0.15, 0.2) is 5.16 Å². The van der Waals surface area contributed by atoms with Crippen molar-refractivity contribution in [2.75, 3.05) is 0 Å². The first kappa shape index (κ1) is 12.6. The summed E-state index contributed by atoms with van der Waals surface area (Å²) >= 11 is 1.57. The van der Waals surface area contributed by atoms with E-state index in [0.29, 0.717) is 16.9 Å². The molecular weight excluding hydrogens is 444 g/mol. The lowest BCUT2D eigenvalue weighted by atomic mass is 9.87. The van der Waals surface area contributed by atoms with Gasteiger partial charge in [0.05, 0.1) is 30.4 Å². The number of aromatic nitrogens is 2. The van der Waals surface area contributed by atoms with Crippen LogP contribution in [0.15, 0.2) is 126 Å². The maximum Gasteiger partial charge on any atom is 0.174 e. The zero-order valence-electron chi connectivity index (χ0n) is 28.3. The van der Waals surface area contributed by atoms with Crippen LogP contribution in [0.3, 0.4) is 0 Å². The molecule has 0 aliphatic carbocycles. The molecule has 6 aromatic rings. The van der Waals surface area contributed by atoms with E-state index in [1.54, 1.807) is 30.0 Å². The quantitative estimate of drug-likeness (QED) is 0.254. The number of para-hydroxylation sites is 2. The van der Waals surface area contributed by atoms with Crippen LogP contribution in [0.1, 0.15) is 19.3 Å².